The molecule has 1 aliphatic rings. The van der Waals surface area contributed by atoms with Crippen molar-refractivity contribution in [2.75, 3.05) is 25.4 Å². The number of benzene rings is 1. The summed E-state index contributed by atoms with van der Waals surface area (Å²) >= 11 is 0. The molecule has 0 aromatic heterocycles. The second-order valence-corrected chi connectivity index (χ2v) is 4.67. The fraction of sp³-hybridized carbons (Fsp3) is 0.417. The van der Waals surface area contributed by atoms with E-state index in [9.17, 15) is 14.9 Å². The molecule has 19 heavy (non-hydrogen) atoms. The van der Waals surface area contributed by atoms with Crippen molar-refractivity contribution in [2.45, 2.75) is 6.42 Å². The number of carbonyl (C=O) groups is 1. The first-order valence-electron chi connectivity index (χ1n) is 6.06. The van der Waals surface area contributed by atoms with Crippen molar-refractivity contribution in [1.29, 1.82) is 0 Å². The van der Waals surface area contributed by atoms with E-state index >= 15 is 0 Å². The number of nitrogen functional groups attached to an aromatic ring is 1. The minimum absolute atomic E-state index is 0.132. The number of anilines is 1. The molecule has 1 heterocycles. The lowest BCUT2D eigenvalue weighted by Crippen LogP contribution is -2.30. The Balaban J connectivity index is 2.24. The topological polar surface area (TPSA) is 115 Å². The van der Waals surface area contributed by atoms with Gasteiger partial charge in [-0.25, -0.2) is 0 Å². The lowest BCUT2D eigenvalue weighted by Gasteiger charge is -2.17. The number of amides is 1. The standard InChI is InChI=1S/C12H16N4O3/c13-6-8-3-4-15(7-8)12(17)10-5-9(16(18)19)1-2-11(10)14/h1-2,5,8H,3-4,6-7,13-14H2. The molecular weight excluding hydrogens is 248 g/mol. The Bertz CT molecular complexity index is 518. The van der Waals surface area contributed by atoms with E-state index in [2.05, 4.69) is 0 Å². The lowest BCUT2D eigenvalue weighted by atomic mass is 10.1. The van der Waals surface area contributed by atoms with Crippen LogP contribution in [0, 0.1) is 16.0 Å². The molecule has 0 radical (unpaired) electrons. The normalized spacial score (nSPS) is 18.6. The molecule has 0 bridgehead atoms. The highest BCUT2D eigenvalue weighted by atomic mass is 16.6. The van der Waals surface area contributed by atoms with Crippen LogP contribution >= 0.6 is 0 Å². The van der Waals surface area contributed by atoms with E-state index < -0.39 is 4.92 Å². The maximum atomic E-state index is 12.3. The third-order valence-corrected chi connectivity index (χ3v) is 3.38. The number of carbonyl (C=O) groups excluding carboxylic acids is 1. The number of nitro benzene ring substituents is 1. The third kappa shape index (κ3) is 2.65. The highest BCUT2D eigenvalue weighted by Crippen LogP contribution is 2.24. The van der Waals surface area contributed by atoms with E-state index in [1.807, 2.05) is 0 Å². The van der Waals surface area contributed by atoms with Crippen molar-refractivity contribution >= 4 is 17.3 Å². The summed E-state index contributed by atoms with van der Waals surface area (Å²) in [7, 11) is 0. The number of nitrogens with two attached hydrogens (primary N) is 2. The molecule has 7 heteroatoms. The van der Waals surface area contributed by atoms with Crippen LogP contribution in [0.5, 0.6) is 0 Å². The first-order chi connectivity index (χ1) is 9.02. The monoisotopic (exact) mass is 264 g/mol. The number of nitro groups is 1. The van der Waals surface area contributed by atoms with Gasteiger partial charge in [0.2, 0.25) is 0 Å². The number of hydrogen-bond acceptors (Lipinski definition) is 5. The fourth-order valence-corrected chi connectivity index (χ4v) is 2.22. The van der Waals surface area contributed by atoms with Gasteiger partial charge in [-0.15, -0.1) is 0 Å². The molecule has 1 aromatic carbocycles. The van der Waals surface area contributed by atoms with Crippen LogP contribution in [-0.2, 0) is 0 Å². The van der Waals surface area contributed by atoms with Gasteiger partial charge in [-0.05, 0) is 24.9 Å². The van der Waals surface area contributed by atoms with E-state index in [4.69, 9.17) is 11.5 Å². The molecule has 0 aliphatic carbocycles. The second-order valence-electron chi connectivity index (χ2n) is 4.67. The number of hydrogen-bond donors (Lipinski definition) is 2. The molecule has 1 aromatic rings. The van der Waals surface area contributed by atoms with Crippen molar-refractivity contribution in [2.24, 2.45) is 11.7 Å². The molecule has 2 rings (SSSR count). The quantitative estimate of drug-likeness (QED) is 0.471. The zero-order valence-corrected chi connectivity index (χ0v) is 10.4. The van der Waals surface area contributed by atoms with Crippen molar-refractivity contribution in [1.82, 2.24) is 4.90 Å². The van der Waals surface area contributed by atoms with E-state index in [-0.39, 0.29) is 22.8 Å². The Morgan fingerprint density at radius 1 is 1.53 bits per heavy atom. The fourth-order valence-electron chi connectivity index (χ4n) is 2.22. The molecule has 1 aliphatic heterocycles. The van der Waals surface area contributed by atoms with Gasteiger partial charge in [-0.1, -0.05) is 0 Å². The Kier molecular flexibility index (Phi) is 3.66. The molecule has 1 atom stereocenters. The van der Waals surface area contributed by atoms with Crippen LogP contribution in [0.4, 0.5) is 11.4 Å². The first kappa shape index (κ1) is 13.3. The van der Waals surface area contributed by atoms with Gasteiger partial charge < -0.3 is 16.4 Å². The number of nitrogens with zero attached hydrogens (tertiary/aromatic N) is 2. The predicted octanol–water partition coefficient (Wildman–Crippen LogP) is 0.598. The smallest absolute Gasteiger partial charge is 0.270 e. The van der Waals surface area contributed by atoms with Crippen LogP contribution in [0.3, 0.4) is 0 Å². The summed E-state index contributed by atoms with van der Waals surface area (Å²) in [5, 5.41) is 10.7. The zero-order chi connectivity index (χ0) is 14.0. The van der Waals surface area contributed by atoms with Crippen LogP contribution in [0.25, 0.3) is 0 Å². The Morgan fingerprint density at radius 2 is 2.26 bits per heavy atom. The molecule has 1 amide bonds. The predicted molar refractivity (Wildman–Crippen MR) is 70.6 cm³/mol. The number of non-ortho nitro benzene ring substituents is 1. The second kappa shape index (κ2) is 5.23. The van der Waals surface area contributed by atoms with Gasteiger partial charge >= 0.3 is 0 Å². The van der Waals surface area contributed by atoms with E-state index in [0.717, 1.165) is 6.42 Å². The maximum absolute atomic E-state index is 12.3. The van der Waals surface area contributed by atoms with Gasteiger partial charge in [0.15, 0.2) is 0 Å². The molecular formula is C12H16N4O3. The van der Waals surface area contributed by atoms with Crippen molar-refractivity contribution in [3.05, 3.63) is 33.9 Å². The number of rotatable bonds is 3. The summed E-state index contributed by atoms with van der Waals surface area (Å²) in [6.07, 6.45) is 0.858. The van der Waals surface area contributed by atoms with Crippen molar-refractivity contribution in [3.63, 3.8) is 0 Å². The van der Waals surface area contributed by atoms with Crippen molar-refractivity contribution in [3.8, 4) is 0 Å². The Labute approximate surface area is 110 Å². The first-order valence-corrected chi connectivity index (χ1v) is 6.06. The maximum Gasteiger partial charge on any atom is 0.270 e. The summed E-state index contributed by atoms with van der Waals surface area (Å²) in [6, 6.07) is 3.91. The highest BCUT2D eigenvalue weighted by Gasteiger charge is 2.27. The van der Waals surface area contributed by atoms with Gasteiger partial charge in [0.05, 0.1) is 10.5 Å². The van der Waals surface area contributed by atoms with Gasteiger partial charge in [-0.2, -0.15) is 0 Å². The molecule has 0 saturated carbocycles. The van der Waals surface area contributed by atoms with Crippen LogP contribution in [0.15, 0.2) is 18.2 Å². The largest absolute Gasteiger partial charge is 0.398 e. The minimum atomic E-state index is -0.539. The molecule has 4 N–H and O–H groups in total. The van der Waals surface area contributed by atoms with Gasteiger partial charge in [-0.3, -0.25) is 14.9 Å². The molecule has 0 spiro atoms. The summed E-state index contributed by atoms with van der Waals surface area (Å²) in [4.78, 5) is 24.1. The summed E-state index contributed by atoms with van der Waals surface area (Å²) in [6.45, 7) is 1.73. The SMILES string of the molecule is NCC1CCN(C(=O)c2cc([N+](=O)[O-])ccc2N)C1. The zero-order valence-electron chi connectivity index (χ0n) is 10.4. The minimum Gasteiger partial charge on any atom is -0.398 e. The molecule has 1 unspecified atom stereocenters. The van der Waals surface area contributed by atoms with E-state index in [1.165, 1.54) is 18.2 Å². The molecule has 7 nitrogen and oxygen atoms in total. The Hall–Kier alpha value is -2.15. The van der Waals surface area contributed by atoms with Crippen LogP contribution in [-0.4, -0.2) is 35.4 Å². The summed E-state index contributed by atoms with van der Waals surface area (Å²) in [5.74, 6) is 0.0287. The summed E-state index contributed by atoms with van der Waals surface area (Å²) in [5.41, 5.74) is 11.6. The van der Waals surface area contributed by atoms with Gasteiger partial charge in [0.1, 0.15) is 0 Å². The van der Waals surface area contributed by atoms with Gasteiger partial charge in [0.25, 0.3) is 11.6 Å². The molecule has 102 valence electrons. The average Bonchev–Trinajstić information content (AvgIpc) is 2.87. The third-order valence-electron chi connectivity index (χ3n) is 3.38. The average molecular weight is 264 g/mol. The molecule has 1 fully saturated rings. The van der Waals surface area contributed by atoms with Gasteiger partial charge in [0, 0.05) is 30.9 Å². The lowest BCUT2D eigenvalue weighted by molar-refractivity contribution is -0.384. The number of likely N-dealkylation sites (tertiary alicyclic amines) is 1. The molecule has 1 saturated heterocycles. The van der Waals surface area contributed by atoms with Crippen LogP contribution in [0.1, 0.15) is 16.8 Å². The van der Waals surface area contributed by atoms with Crippen LogP contribution in [0.2, 0.25) is 0 Å². The van der Waals surface area contributed by atoms with E-state index in [1.54, 1.807) is 4.90 Å². The van der Waals surface area contributed by atoms with Crippen molar-refractivity contribution < 1.29 is 9.72 Å². The summed E-state index contributed by atoms with van der Waals surface area (Å²) < 4.78 is 0. The van der Waals surface area contributed by atoms with E-state index in [0.29, 0.717) is 25.6 Å². The van der Waals surface area contributed by atoms with Crippen LogP contribution < -0.4 is 11.5 Å². The highest BCUT2D eigenvalue weighted by molar-refractivity contribution is 5.99. The Morgan fingerprint density at radius 3 is 2.84 bits per heavy atom.